The third kappa shape index (κ3) is 2.74. The zero-order valence-electron chi connectivity index (χ0n) is 8.24. The minimum Gasteiger partial charge on any atom is -0.449 e. The predicted octanol–water partition coefficient (Wildman–Crippen LogP) is 3.81. The molecule has 0 saturated heterocycles. The van der Waals surface area contributed by atoms with E-state index in [1.165, 1.54) is 0 Å². The van der Waals surface area contributed by atoms with E-state index in [1.54, 1.807) is 6.26 Å². The van der Waals surface area contributed by atoms with E-state index in [0.717, 1.165) is 16.8 Å². The zero-order chi connectivity index (χ0) is 9.97. The van der Waals surface area contributed by atoms with Crippen molar-refractivity contribution in [1.29, 1.82) is 0 Å². The monoisotopic (exact) mass is 243 g/mol. The lowest BCUT2D eigenvalue weighted by Crippen LogP contribution is -1.80. The molecule has 1 aromatic carbocycles. The molecule has 0 amide bonds. The molecule has 2 nitrogen and oxygen atoms in total. The zero-order valence-corrected chi connectivity index (χ0v) is 9.81. The van der Waals surface area contributed by atoms with Crippen molar-refractivity contribution in [2.24, 2.45) is 0 Å². The van der Waals surface area contributed by atoms with Crippen LogP contribution in [0.5, 0.6) is 0 Å². The Kier molecular flexibility index (Phi) is 4.18. The Labute approximate surface area is 99.7 Å². The largest absolute Gasteiger partial charge is 0.449 e. The van der Waals surface area contributed by atoms with E-state index in [0.29, 0.717) is 11.8 Å². The summed E-state index contributed by atoms with van der Waals surface area (Å²) in [6.45, 7) is 1.83. The van der Waals surface area contributed by atoms with Crippen LogP contribution in [0, 0.1) is 6.92 Å². The Bertz CT molecular complexity index is 422. The molecular weight excluding hydrogens is 233 g/mol. The molecule has 2 aromatic rings. The molecular formula is C11H11Cl2NO. The van der Waals surface area contributed by atoms with Crippen molar-refractivity contribution in [2.45, 2.75) is 12.8 Å². The van der Waals surface area contributed by atoms with Gasteiger partial charge in [0.1, 0.15) is 12.0 Å². The van der Waals surface area contributed by atoms with Crippen LogP contribution in [-0.2, 0) is 5.88 Å². The molecule has 0 aliphatic heterocycles. The van der Waals surface area contributed by atoms with Crippen molar-refractivity contribution < 1.29 is 4.42 Å². The highest BCUT2D eigenvalue weighted by molar-refractivity contribution is 6.17. The molecule has 80 valence electrons. The number of benzene rings is 1. The lowest BCUT2D eigenvalue weighted by atomic mass is 10.1. The molecule has 0 N–H and O–H groups in total. The smallest absolute Gasteiger partial charge is 0.191 e. The minimum atomic E-state index is 0. The average Bonchev–Trinajstić information content (AvgIpc) is 2.65. The first kappa shape index (κ1) is 12.1. The first-order valence-corrected chi connectivity index (χ1v) is 4.90. The van der Waals surface area contributed by atoms with Gasteiger partial charge in [0, 0.05) is 18.4 Å². The lowest BCUT2D eigenvalue weighted by Gasteiger charge is -1.97. The van der Waals surface area contributed by atoms with Crippen LogP contribution < -0.4 is 0 Å². The molecule has 0 fully saturated rings. The van der Waals surface area contributed by atoms with Gasteiger partial charge in [-0.3, -0.25) is 0 Å². The highest BCUT2D eigenvalue weighted by Crippen LogP contribution is 2.19. The van der Waals surface area contributed by atoms with Crippen molar-refractivity contribution >= 4 is 24.0 Å². The van der Waals surface area contributed by atoms with Crippen molar-refractivity contribution in [3.8, 4) is 11.3 Å². The highest BCUT2D eigenvalue weighted by atomic mass is 35.5. The van der Waals surface area contributed by atoms with Crippen LogP contribution in [0.3, 0.4) is 0 Å². The lowest BCUT2D eigenvalue weighted by molar-refractivity contribution is 0.521. The highest BCUT2D eigenvalue weighted by Gasteiger charge is 2.02. The number of hydrogen-bond acceptors (Lipinski definition) is 2. The maximum atomic E-state index is 5.70. The van der Waals surface area contributed by atoms with Gasteiger partial charge in [-0.1, -0.05) is 24.3 Å². The molecule has 0 atom stereocenters. The normalized spacial score (nSPS) is 9.73. The van der Waals surface area contributed by atoms with Gasteiger partial charge in [-0.2, -0.15) is 0 Å². The summed E-state index contributed by atoms with van der Waals surface area (Å²) in [6.07, 6.45) is 1.66. The topological polar surface area (TPSA) is 26.0 Å². The number of alkyl halides is 1. The number of aryl methyl sites for hydroxylation is 1. The molecule has 4 heteroatoms. The molecule has 1 aromatic heterocycles. The quantitative estimate of drug-likeness (QED) is 0.750. The first-order valence-electron chi connectivity index (χ1n) is 4.37. The second-order valence-corrected chi connectivity index (χ2v) is 3.35. The minimum absolute atomic E-state index is 0. The number of oxazole rings is 1. The van der Waals surface area contributed by atoms with Gasteiger partial charge < -0.3 is 4.42 Å². The first-order chi connectivity index (χ1) is 6.79. The van der Waals surface area contributed by atoms with Crippen LogP contribution in [0.1, 0.15) is 11.5 Å². The van der Waals surface area contributed by atoms with Crippen LogP contribution in [0.2, 0.25) is 0 Å². The van der Waals surface area contributed by atoms with E-state index in [9.17, 15) is 0 Å². The summed E-state index contributed by atoms with van der Waals surface area (Å²) in [7, 11) is 0. The van der Waals surface area contributed by atoms with E-state index in [2.05, 4.69) is 4.98 Å². The second-order valence-electron chi connectivity index (χ2n) is 3.08. The molecule has 0 aliphatic carbocycles. The molecule has 1 heterocycles. The Morgan fingerprint density at radius 2 is 1.93 bits per heavy atom. The number of rotatable bonds is 2. The van der Waals surface area contributed by atoms with Crippen molar-refractivity contribution in [3.63, 3.8) is 0 Å². The summed E-state index contributed by atoms with van der Waals surface area (Å²) >= 11 is 5.70. The second kappa shape index (κ2) is 5.19. The summed E-state index contributed by atoms with van der Waals surface area (Å²) in [5, 5.41) is 0. The molecule has 0 saturated carbocycles. The summed E-state index contributed by atoms with van der Waals surface area (Å²) in [6, 6.07) is 7.97. The summed E-state index contributed by atoms with van der Waals surface area (Å²) in [5.74, 6) is 1.22. The van der Waals surface area contributed by atoms with E-state index in [4.69, 9.17) is 16.0 Å². The molecule has 0 radical (unpaired) electrons. The van der Waals surface area contributed by atoms with Crippen molar-refractivity contribution in [3.05, 3.63) is 42.0 Å². The Morgan fingerprint density at radius 3 is 2.40 bits per heavy atom. The van der Waals surface area contributed by atoms with Crippen molar-refractivity contribution in [1.82, 2.24) is 4.98 Å². The van der Waals surface area contributed by atoms with Gasteiger partial charge in [0.05, 0.1) is 0 Å². The Hall–Kier alpha value is -0.990. The van der Waals surface area contributed by atoms with Gasteiger partial charge in [0.15, 0.2) is 5.89 Å². The molecule has 0 bridgehead atoms. The van der Waals surface area contributed by atoms with Gasteiger partial charge in [0.2, 0.25) is 0 Å². The van der Waals surface area contributed by atoms with Crippen LogP contribution in [0.25, 0.3) is 11.3 Å². The molecule has 15 heavy (non-hydrogen) atoms. The fourth-order valence-corrected chi connectivity index (χ4v) is 1.44. The van der Waals surface area contributed by atoms with Crippen LogP contribution in [0.15, 0.2) is 34.9 Å². The molecule has 0 aliphatic rings. The number of nitrogens with zero attached hydrogens (tertiary/aromatic N) is 1. The maximum absolute atomic E-state index is 5.70. The van der Waals surface area contributed by atoms with Crippen molar-refractivity contribution in [2.75, 3.05) is 0 Å². The van der Waals surface area contributed by atoms with Gasteiger partial charge in [-0.05, 0) is 5.56 Å². The number of hydrogen-bond donors (Lipinski definition) is 0. The van der Waals surface area contributed by atoms with Gasteiger partial charge in [-0.25, -0.2) is 4.98 Å². The fourth-order valence-electron chi connectivity index (χ4n) is 1.26. The number of halogens is 2. The van der Waals surface area contributed by atoms with E-state index in [1.807, 2.05) is 31.2 Å². The van der Waals surface area contributed by atoms with E-state index >= 15 is 0 Å². The van der Waals surface area contributed by atoms with Crippen LogP contribution >= 0.6 is 24.0 Å². The third-order valence-electron chi connectivity index (χ3n) is 2.02. The fraction of sp³-hybridized carbons (Fsp3) is 0.182. The number of aromatic nitrogens is 1. The third-order valence-corrected chi connectivity index (χ3v) is 2.33. The van der Waals surface area contributed by atoms with Crippen LogP contribution in [0.4, 0.5) is 0 Å². The predicted molar refractivity (Wildman–Crippen MR) is 63.5 cm³/mol. The van der Waals surface area contributed by atoms with Gasteiger partial charge in [0.25, 0.3) is 0 Å². The van der Waals surface area contributed by atoms with Crippen LogP contribution in [-0.4, -0.2) is 4.98 Å². The summed E-state index contributed by atoms with van der Waals surface area (Å²) in [5.41, 5.74) is 3.02. The molecule has 0 spiro atoms. The molecule has 2 rings (SSSR count). The molecule has 0 unspecified atom stereocenters. The van der Waals surface area contributed by atoms with Gasteiger partial charge >= 0.3 is 0 Å². The maximum Gasteiger partial charge on any atom is 0.191 e. The summed E-state index contributed by atoms with van der Waals surface area (Å²) in [4.78, 5) is 4.24. The van der Waals surface area contributed by atoms with E-state index in [-0.39, 0.29) is 12.4 Å². The van der Waals surface area contributed by atoms with Gasteiger partial charge in [-0.15, -0.1) is 24.0 Å². The summed E-state index contributed by atoms with van der Waals surface area (Å²) < 4.78 is 5.14. The Morgan fingerprint density at radius 1 is 1.27 bits per heavy atom. The standard InChI is InChI=1S/C11H10ClNO.ClH/c1-8-13-11(7-14-8)10-4-2-9(6-12)3-5-10;/h2-5,7H,6H2,1H3;1H. The average molecular weight is 244 g/mol. The van der Waals surface area contributed by atoms with E-state index < -0.39 is 0 Å². The SMILES string of the molecule is Cc1nc(-c2ccc(CCl)cc2)co1.Cl. The Balaban J connectivity index is 0.00000112.